The highest BCUT2D eigenvalue weighted by Crippen LogP contribution is 2.24. The number of nitrogens with zero attached hydrogens (tertiary/aromatic N) is 3. The Hall–Kier alpha value is -3.81. The van der Waals surface area contributed by atoms with E-state index in [1.54, 1.807) is 31.2 Å². The standard InChI is InChI=1S/C22H19N3O5/c1-14(19-23-24-20(30-19)15-8-3-2-4-9-15)29-18(26)12-7-13-25-21(27)16-10-5-6-11-17(16)22(25)28/h2-6,8-11,14H,7,12-13H2,1H3/t14-/m1/s1. The van der Waals surface area contributed by atoms with Gasteiger partial charge in [-0.3, -0.25) is 19.3 Å². The van der Waals surface area contributed by atoms with Gasteiger partial charge in [-0.2, -0.15) is 0 Å². The van der Waals surface area contributed by atoms with E-state index in [1.807, 2.05) is 30.3 Å². The van der Waals surface area contributed by atoms with E-state index >= 15 is 0 Å². The Bertz CT molecular complexity index is 1060. The summed E-state index contributed by atoms with van der Waals surface area (Å²) in [5.74, 6) is -0.603. The van der Waals surface area contributed by atoms with Crippen molar-refractivity contribution in [1.82, 2.24) is 15.1 Å². The molecule has 0 radical (unpaired) electrons. The fourth-order valence-electron chi connectivity index (χ4n) is 3.23. The number of carbonyl (C=O) groups is 3. The number of esters is 1. The zero-order chi connectivity index (χ0) is 21.1. The molecule has 0 unspecified atom stereocenters. The normalized spacial score (nSPS) is 14.0. The molecule has 1 aromatic heterocycles. The molecule has 3 aromatic rings. The van der Waals surface area contributed by atoms with Crippen LogP contribution in [0.1, 0.15) is 52.5 Å². The largest absolute Gasteiger partial charge is 0.453 e. The molecule has 4 rings (SSSR count). The first-order chi connectivity index (χ1) is 14.5. The van der Waals surface area contributed by atoms with Crippen molar-refractivity contribution in [2.24, 2.45) is 0 Å². The summed E-state index contributed by atoms with van der Waals surface area (Å²) in [4.78, 5) is 38.0. The molecule has 1 aliphatic rings. The van der Waals surface area contributed by atoms with Gasteiger partial charge in [0.1, 0.15) is 0 Å². The van der Waals surface area contributed by atoms with Crippen LogP contribution in [0, 0.1) is 0 Å². The molecule has 0 fully saturated rings. The van der Waals surface area contributed by atoms with Crippen LogP contribution in [0.5, 0.6) is 0 Å². The summed E-state index contributed by atoms with van der Waals surface area (Å²) in [6.45, 7) is 1.79. The molecule has 0 spiro atoms. The summed E-state index contributed by atoms with van der Waals surface area (Å²) in [7, 11) is 0. The number of carbonyl (C=O) groups excluding carboxylic acids is 3. The van der Waals surface area contributed by atoms with E-state index in [0.29, 0.717) is 23.4 Å². The number of ether oxygens (including phenoxy) is 1. The van der Waals surface area contributed by atoms with E-state index in [0.717, 1.165) is 10.5 Å². The van der Waals surface area contributed by atoms with Gasteiger partial charge in [-0.05, 0) is 37.6 Å². The van der Waals surface area contributed by atoms with Gasteiger partial charge in [0.15, 0.2) is 6.10 Å². The smallest absolute Gasteiger partial charge is 0.306 e. The van der Waals surface area contributed by atoms with Crippen molar-refractivity contribution in [1.29, 1.82) is 0 Å². The lowest BCUT2D eigenvalue weighted by atomic mass is 10.1. The van der Waals surface area contributed by atoms with Crippen molar-refractivity contribution in [3.8, 4) is 11.5 Å². The highest BCUT2D eigenvalue weighted by atomic mass is 16.6. The van der Waals surface area contributed by atoms with Gasteiger partial charge in [0.05, 0.1) is 11.1 Å². The van der Waals surface area contributed by atoms with Gasteiger partial charge >= 0.3 is 5.97 Å². The molecular formula is C22H19N3O5. The fourth-order valence-corrected chi connectivity index (χ4v) is 3.23. The Morgan fingerprint density at radius 3 is 2.30 bits per heavy atom. The third-order valence-corrected chi connectivity index (χ3v) is 4.76. The van der Waals surface area contributed by atoms with E-state index < -0.39 is 12.1 Å². The second kappa shape index (κ2) is 8.28. The van der Waals surface area contributed by atoms with Gasteiger partial charge < -0.3 is 9.15 Å². The SMILES string of the molecule is C[C@@H](OC(=O)CCCN1C(=O)c2ccccc2C1=O)c1nnc(-c2ccccc2)o1. The summed E-state index contributed by atoms with van der Waals surface area (Å²) < 4.78 is 10.9. The zero-order valence-corrected chi connectivity index (χ0v) is 16.3. The lowest BCUT2D eigenvalue weighted by Gasteiger charge is -2.14. The first-order valence-corrected chi connectivity index (χ1v) is 9.58. The number of hydrogen-bond acceptors (Lipinski definition) is 7. The minimum absolute atomic E-state index is 0.0530. The molecule has 8 heteroatoms. The molecule has 1 atom stereocenters. The van der Waals surface area contributed by atoms with E-state index in [9.17, 15) is 14.4 Å². The number of benzene rings is 2. The zero-order valence-electron chi connectivity index (χ0n) is 16.3. The third kappa shape index (κ3) is 3.84. The van der Waals surface area contributed by atoms with Gasteiger partial charge in [0.2, 0.25) is 5.89 Å². The van der Waals surface area contributed by atoms with Crippen LogP contribution in [0.2, 0.25) is 0 Å². The molecule has 0 aliphatic carbocycles. The second-order valence-corrected chi connectivity index (χ2v) is 6.85. The number of amides is 2. The molecular weight excluding hydrogens is 386 g/mol. The topological polar surface area (TPSA) is 103 Å². The van der Waals surface area contributed by atoms with Gasteiger partial charge in [0.25, 0.3) is 17.7 Å². The van der Waals surface area contributed by atoms with E-state index in [-0.39, 0.29) is 30.7 Å². The Morgan fingerprint density at radius 1 is 1.00 bits per heavy atom. The Morgan fingerprint density at radius 2 is 1.63 bits per heavy atom. The first kappa shape index (κ1) is 19.5. The highest BCUT2D eigenvalue weighted by molar-refractivity contribution is 6.21. The van der Waals surface area contributed by atoms with Crippen LogP contribution in [-0.4, -0.2) is 39.4 Å². The van der Waals surface area contributed by atoms with E-state index in [2.05, 4.69) is 10.2 Å². The van der Waals surface area contributed by atoms with Crippen LogP contribution >= 0.6 is 0 Å². The molecule has 8 nitrogen and oxygen atoms in total. The van der Waals surface area contributed by atoms with Crippen molar-refractivity contribution in [3.05, 3.63) is 71.6 Å². The van der Waals surface area contributed by atoms with Crippen LogP contribution in [0.4, 0.5) is 0 Å². The lowest BCUT2D eigenvalue weighted by molar-refractivity contribution is -0.149. The summed E-state index contributed by atoms with van der Waals surface area (Å²) >= 11 is 0. The van der Waals surface area contributed by atoms with E-state index in [4.69, 9.17) is 9.15 Å². The van der Waals surface area contributed by atoms with Gasteiger partial charge in [-0.15, -0.1) is 10.2 Å². The van der Waals surface area contributed by atoms with Crippen LogP contribution in [0.3, 0.4) is 0 Å². The van der Waals surface area contributed by atoms with Crippen molar-refractivity contribution in [2.75, 3.05) is 6.54 Å². The third-order valence-electron chi connectivity index (χ3n) is 4.76. The molecule has 1 aliphatic heterocycles. The van der Waals surface area contributed by atoms with Gasteiger partial charge in [-0.25, -0.2) is 0 Å². The maximum absolute atomic E-state index is 12.3. The van der Waals surface area contributed by atoms with E-state index in [1.165, 1.54) is 0 Å². The molecule has 0 bridgehead atoms. The molecule has 2 heterocycles. The van der Waals surface area contributed by atoms with Crippen molar-refractivity contribution in [3.63, 3.8) is 0 Å². The van der Waals surface area contributed by atoms with Crippen molar-refractivity contribution < 1.29 is 23.5 Å². The Labute approximate surface area is 172 Å². The molecule has 0 N–H and O–H groups in total. The monoisotopic (exact) mass is 405 g/mol. The second-order valence-electron chi connectivity index (χ2n) is 6.85. The Kier molecular flexibility index (Phi) is 5.38. The summed E-state index contributed by atoms with van der Waals surface area (Å²) in [5.41, 5.74) is 1.56. The van der Waals surface area contributed by atoms with Gasteiger partial charge in [-0.1, -0.05) is 30.3 Å². The summed E-state index contributed by atoms with van der Waals surface area (Å²) in [5, 5.41) is 7.92. The number of hydrogen-bond donors (Lipinski definition) is 0. The maximum atomic E-state index is 12.3. The minimum Gasteiger partial charge on any atom is -0.453 e. The predicted molar refractivity (Wildman–Crippen MR) is 105 cm³/mol. The molecule has 2 amide bonds. The predicted octanol–water partition coefficient (Wildman–Crippen LogP) is 3.42. The summed E-state index contributed by atoms with van der Waals surface area (Å²) in [6, 6.07) is 16.0. The maximum Gasteiger partial charge on any atom is 0.306 e. The molecule has 2 aromatic carbocycles. The Balaban J connectivity index is 1.28. The number of fused-ring (bicyclic) bond motifs is 1. The molecule has 0 saturated heterocycles. The number of aromatic nitrogens is 2. The summed E-state index contributed by atoms with van der Waals surface area (Å²) in [6.07, 6.45) is -0.352. The fraction of sp³-hybridized carbons (Fsp3) is 0.227. The lowest BCUT2D eigenvalue weighted by Crippen LogP contribution is -2.31. The minimum atomic E-state index is -0.707. The molecule has 30 heavy (non-hydrogen) atoms. The first-order valence-electron chi connectivity index (χ1n) is 9.58. The number of rotatable bonds is 7. The van der Waals surface area contributed by atoms with Crippen LogP contribution < -0.4 is 0 Å². The van der Waals surface area contributed by atoms with Crippen LogP contribution in [-0.2, 0) is 9.53 Å². The van der Waals surface area contributed by atoms with Crippen LogP contribution in [0.25, 0.3) is 11.5 Å². The van der Waals surface area contributed by atoms with Gasteiger partial charge in [0, 0.05) is 18.5 Å². The van der Waals surface area contributed by atoms with Crippen LogP contribution in [0.15, 0.2) is 59.0 Å². The van der Waals surface area contributed by atoms with Crippen molar-refractivity contribution >= 4 is 17.8 Å². The molecule has 152 valence electrons. The number of imide groups is 1. The van der Waals surface area contributed by atoms with Crippen molar-refractivity contribution in [2.45, 2.75) is 25.9 Å². The highest BCUT2D eigenvalue weighted by Gasteiger charge is 2.34. The molecule has 0 saturated carbocycles. The quantitative estimate of drug-likeness (QED) is 0.438. The average molecular weight is 405 g/mol. The average Bonchev–Trinajstić information content (AvgIpc) is 3.35.